The molecular weight excluding hydrogens is 472 g/mol. The standard InChI is InChI=1S/C25H23ClN4O3S/c1-34(32)19-8-4-6-17(13-19)28-25-27-14-16-12-22(20-9-2-3-10-21(20)26)30(24(31)23(16)29-25)15-18-7-5-11-33-18/h2-4,6,8-10,12-14,18H,5,7,11,15H2,1H3,(H,27,28,29). The van der Waals surface area contributed by atoms with Crippen molar-refractivity contribution in [1.82, 2.24) is 14.5 Å². The van der Waals surface area contributed by atoms with E-state index in [2.05, 4.69) is 15.3 Å². The number of pyridine rings is 1. The Balaban J connectivity index is 1.60. The van der Waals surface area contributed by atoms with Crippen LogP contribution in [0.15, 0.2) is 70.5 Å². The van der Waals surface area contributed by atoms with E-state index in [0.717, 1.165) is 18.4 Å². The van der Waals surface area contributed by atoms with E-state index in [4.69, 9.17) is 16.3 Å². The van der Waals surface area contributed by atoms with Crippen molar-refractivity contribution in [3.63, 3.8) is 0 Å². The van der Waals surface area contributed by atoms with Crippen LogP contribution in [0.5, 0.6) is 0 Å². The van der Waals surface area contributed by atoms with E-state index in [1.165, 1.54) is 0 Å². The second-order valence-corrected chi connectivity index (χ2v) is 9.95. The first-order valence-electron chi connectivity index (χ1n) is 11.0. The second-order valence-electron chi connectivity index (χ2n) is 8.16. The summed E-state index contributed by atoms with van der Waals surface area (Å²) in [7, 11) is 0. The predicted octanol–water partition coefficient (Wildman–Crippen LogP) is 4.77. The van der Waals surface area contributed by atoms with Crippen molar-refractivity contribution in [2.75, 3.05) is 18.2 Å². The van der Waals surface area contributed by atoms with Gasteiger partial charge >= 0.3 is 0 Å². The van der Waals surface area contributed by atoms with E-state index in [9.17, 15) is 9.35 Å². The van der Waals surface area contributed by atoms with Crippen LogP contribution in [-0.4, -0.2) is 38.1 Å². The van der Waals surface area contributed by atoms with Crippen LogP contribution in [-0.2, 0) is 22.5 Å². The average molecular weight is 495 g/mol. The molecule has 3 heterocycles. The third-order valence-corrected chi connectivity index (χ3v) is 7.08. The van der Waals surface area contributed by atoms with Gasteiger partial charge in [-0.25, -0.2) is 9.97 Å². The van der Waals surface area contributed by atoms with Crippen molar-refractivity contribution in [2.24, 2.45) is 0 Å². The Bertz CT molecular complexity index is 1400. The highest BCUT2D eigenvalue weighted by Crippen LogP contribution is 2.30. The summed E-state index contributed by atoms with van der Waals surface area (Å²) in [6.07, 6.45) is 5.10. The molecule has 0 radical (unpaired) electrons. The molecule has 5 rings (SSSR count). The van der Waals surface area contributed by atoms with Gasteiger partial charge in [0.25, 0.3) is 5.56 Å². The van der Waals surface area contributed by atoms with Gasteiger partial charge in [0.2, 0.25) is 5.95 Å². The lowest BCUT2D eigenvalue weighted by Gasteiger charge is -2.18. The highest BCUT2D eigenvalue weighted by molar-refractivity contribution is 7.90. The summed E-state index contributed by atoms with van der Waals surface area (Å²) in [4.78, 5) is 23.3. The van der Waals surface area contributed by atoms with E-state index < -0.39 is 11.2 Å². The Kier molecular flexibility index (Phi) is 6.56. The molecule has 0 bridgehead atoms. The van der Waals surface area contributed by atoms with Crippen molar-refractivity contribution in [2.45, 2.75) is 30.4 Å². The molecular formula is C25H23ClN4O3S. The molecule has 1 saturated heterocycles. The number of rotatable bonds is 6. The molecule has 2 unspecified atom stereocenters. The molecule has 1 aliphatic rings. The summed E-state index contributed by atoms with van der Waals surface area (Å²) in [5, 5.41) is 4.30. The van der Waals surface area contributed by atoms with Crippen LogP contribution in [0.2, 0.25) is 5.02 Å². The number of benzene rings is 2. The van der Waals surface area contributed by atoms with Crippen LogP contribution in [0.4, 0.5) is 11.6 Å². The summed E-state index contributed by atoms with van der Waals surface area (Å²) in [6.45, 7) is 1.12. The van der Waals surface area contributed by atoms with Crippen LogP contribution in [0.25, 0.3) is 22.2 Å². The Hall–Kier alpha value is -2.91. The predicted molar refractivity (Wildman–Crippen MR) is 135 cm³/mol. The van der Waals surface area contributed by atoms with Crippen molar-refractivity contribution >= 4 is 45.3 Å². The number of halogens is 1. The number of hydrogen-bond donors (Lipinski definition) is 1. The largest absolute Gasteiger partial charge is 0.612 e. The Morgan fingerprint density at radius 1 is 1.24 bits per heavy atom. The quantitative estimate of drug-likeness (QED) is 0.388. The van der Waals surface area contributed by atoms with Crippen molar-refractivity contribution in [3.05, 3.63) is 76.2 Å². The highest BCUT2D eigenvalue weighted by Gasteiger charge is 2.21. The van der Waals surface area contributed by atoms with Gasteiger partial charge in [-0.1, -0.05) is 35.9 Å². The molecule has 1 fully saturated rings. The van der Waals surface area contributed by atoms with E-state index in [1.807, 2.05) is 42.5 Å². The first kappa shape index (κ1) is 22.9. The summed E-state index contributed by atoms with van der Waals surface area (Å²) in [5.74, 6) is 0.290. The zero-order chi connectivity index (χ0) is 23.7. The molecule has 0 amide bonds. The zero-order valence-electron chi connectivity index (χ0n) is 18.5. The van der Waals surface area contributed by atoms with Gasteiger partial charge < -0.3 is 19.2 Å². The van der Waals surface area contributed by atoms with Crippen LogP contribution >= 0.6 is 11.6 Å². The Morgan fingerprint density at radius 2 is 2.09 bits per heavy atom. The fraction of sp³-hybridized carbons (Fsp3) is 0.240. The SMILES string of the molecule is C[S+]([O-])c1cccc(Nc2ncc3cc(-c4ccccc4Cl)n(CC4CCCO4)c(=O)c3n2)c1. The number of fused-ring (bicyclic) bond motifs is 1. The molecule has 1 aliphatic heterocycles. The van der Waals surface area contributed by atoms with Crippen molar-refractivity contribution < 1.29 is 9.29 Å². The second kappa shape index (κ2) is 9.76. The maximum Gasteiger partial charge on any atom is 0.277 e. The third kappa shape index (κ3) is 4.67. The third-order valence-electron chi connectivity index (χ3n) is 5.83. The van der Waals surface area contributed by atoms with Crippen molar-refractivity contribution in [3.8, 4) is 11.3 Å². The van der Waals surface area contributed by atoms with Crippen molar-refractivity contribution in [1.29, 1.82) is 0 Å². The molecule has 174 valence electrons. The summed E-state index contributed by atoms with van der Waals surface area (Å²) >= 11 is 5.38. The topological polar surface area (TPSA) is 92.1 Å². The fourth-order valence-corrected chi connectivity index (χ4v) is 4.93. The molecule has 0 aliphatic carbocycles. The number of nitrogens with zero attached hydrogens (tertiary/aromatic N) is 3. The van der Waals surface area contributed by atoms with Gasteiger partial charge in [-0.15, -0.1) is 0 Å². The molecule has 7 nitrogen and oxygen atoms in total. The van der Waals surface area contributed by atoms with Crippen LogP contribution in [0.1, 0.15) is 12.8 Å². The number of nitrogens with one attached hydrogen (secondary N) is 1. The smallest absolute Gasteiger partial charge is 0.277 e. The van der Waals surface area contributed by atoms with Gasteiger partial charge in [0.05, 0.1) is 18.3 Å². The number of aromatic nitrogens is 3. The van der Waals surface area contributed by atoms with Gasteiger partial charge in [-0.3, -0.25) is 4.79 Å². The van der Waals surface area contributed by atoms with Crippen LogP contribution < -0.4 is 10.9 Å². The maximum atomic E-state index is 13.7. The normalized spacial score (nSPS) is 16.6. The van der Waals surface area contributed by atoms with Gasteiger partial charge in [0.1, 0.15) is 11.8 Å². The van der Waals surface area contributed by atoms with E-state index >= 15 is 0 Å². The molecule has 0 spiro atoms. The number of anilines is 2. The Labute approximate surface area is 205 Å². The first-order valence-corrected chi connectivity index (χ1v) is 12.9. The van der Waals surface area contributed by atoms with Gasteiger partial charge in [0.15, 0.2) is 4.90 Å². The van der Waals surface area contributed by atoms with Gasteiger partial charge in [-0.2, -0.15) is 0 Å². The van der Waals surface area contributed by atoms with Crippen LogP contribution in [0, 0.1) is 0 Å². The van der Waals surface area contributed by atoms with E-state index in [0.29, 0.717) is 45.4 Å². The minimum absolute atomic E-state index is 0.0338. The molecule has 1 N–H and O–H groups in total. The monoisotopic (exact) mass is 494 g/mol. The lowest BCUT2D eigenvalue weighted by molar-refractivity contribution is 0.0967. The molecule has 2 atom stereocenters. The first-order chi connectivity index (χ1) is 16.5. The highest BCUT2D eigenvalue weighted by atomic mass is 35.5. The molecule has 34 heavy (non-hydrogen) atoms. The minimum atomic E-state index is -1.11. The number of ether oxygens (including phenoxy) is 1. The molecule has 4 aromatic rings. The van der Waals surface area contributed by atoms with Crippen LogP contribution in [0.3, 0.4) is 0 Å². The lowest BCUT2D eigenvalue weighted by Crippen LogP contribution is -2.28. The summed E-state index contributed by atoms with van der Waals surface area (Å²) in [5.41, 5.74) is 2.26. The van der Waals surface area contributed by atoms with E-state index in [-0.39, 0.29) is 17.6 Å². The molecule has 2 aromatic heterocycles. The van der Waals surface area contributed by atoms with E-state index in [1.54, 1.807) is 29.2 Å². The summed E-state index contributed by atoms with van der Waals surface area (Å²) < 4.78 is 19.3. The minimum Gasteiger partial charge on any atom is -0.612 e. The maximum absolute atomic E-state index is 13.7. The molecule has 2 aromatic carbocycles. The van der Waals surface area contributed by atoms with Gasteiger partial charge in [-0.05, 0) is 48.3 Å². The number of hydrogen-bond acceptors (Lipinski definition) is 6. The summed E-state index contributed by atoms with van der Waals surface area (Å²) in [6, 6.07) is 16.6. The fourth-order valence-electron chi connectivity index (χ4n) is 4.14. The zero-order valence-corrected chi connectivity index (χ0v) is 20.1. The van der Waals surface area contributed by atoms with Gasteiger partial charge in [0, 0.05) is 40.5 Å². The molecule has 0 saturated carbocycles. The average Bonchev–Trinajstić information content (AvgIpc) is 3.35. The molecule has 9 heteroatoms. The Morgan fingerprint density at radius 3 is 2.85 bits per heavy atom. The lowest BCUT2D eigenvalue weighted by atomic mass is 10.1.